The number of anilines is 3. The molecule has 0 aliphatic rings. The number of nitrogens with zero attached hydrogens (tertiary/aromatic N) is 2. The van der Waals surface area contributed by atoms with Crippen LogP contribution in [0.25, 0.3) is 0 Å². The third-order valence-electron chi connectivity index (χ3n) is 4.48. The molecule has 33 heavy (non-hydrogen) atoms. The number of urea groups is 1. The molecular weight excluding hydrogens is 438 g/mol. The number of amides is 3. The fourth-order valence-electron chi connectivity index (χ4n) is 2.96. The number of carbonyl (C=O) groups is 2. The topological polar surface area (TPSA) is 109 Å². The first kappa shape index (κ1) is 22.1. The summed E-state index contributed by atoms with van der Waals surface area (Å²) < 4.78 is 5.08. The van der Waals surface area contributed by atoms with E-state index in [2.05, 4.69) is 26.1 Å². The van der Waals surface area contributed by atoms with Gasteiger partial charge >= 0.3 is 6.03 Å². The van der Waals surface area contributed by atoms with E-state index in [1.165, 1.54) is 11.8 Å². The average Bonchev–Trinajstić information content (AvgIpc) is 3.25. The van der Waals surface area contributed by atoms with Crippen molar-refractivity contribution in [2.75, 3.05) is 16.0 Å². The molecule has 0 spiro atoms. The Kier molecular flexibility index (Phi) is 7.01. The smallest absolute Gasteiger partial charge is 0.323 e. The zero-order chi connectivity index (χ0) is 23.0. The molecule has 0 saturated heterocycles. The maximum Gasteiger partial charge on any atom is 0.323 e. The number of aryl methyl sites for hydroxylation is 1. The van der Waals surface area contributed by atoms with E-state index in [0.29, 0.717) is 33.4 Å². The molecule has 3 N–H and O–H groups in total. The molecule has 0 aliphatic heterocycles. The zero-order valence-corrected chi connectivity index (χ0v) is 18.6. The second-order valence-electron chi connectivity index (χ2n) is 7.05. The number of aromatic nitrogens is 2. The summed E-state index contributed by atoms with van der Waals surface area (Å²) in [5, 5.41) is 12.9. The first-order valence-corrected chi connectivity index (χ1v) is 11.1. The maximum atomic E-state index is 12.8. The van der Waals surface area contributed by atoms with Crippen LogP contribution in [0.1, 0.15) is 21.8 Å². The van der Waals surface area contributed by atoms with Crippen molar-refractivity contribution in [3.8, 4) is 0 Å². The van der Waals surface area contributed by atoms with Gasteiger partial charge in [-0.25, -0.2) is 9.78 Å². The van der Waals surface area contributed by atoms with Crippen LogP contribution < -0.4 is 16.0 Å². The lowest BCUT2D eigenvalue weighted by atomic mass is 10.2. The highest BCUT2D eigenvalue weighted by atomic mass is 32.2. The van der Waals surface area contributed by atoms with E-state index >= 15 is 0 Å². The van der Waals surface area contributed by atoms with E-state index in [1.807, 2.05) is 31.2 Å². The highest BCUT2D eigenvalue weighted by Gasteiger charge is 2.14. The largest absolute Gasteiger partial charge is 0.361 e. The molecule has 0 saturated carbocycles. The SMILES string of the molecule is Cc1cc(CSc2ncccc2C(=O)Nc2ccc(NC(=O)Nc3ccccc3)cc2)no1. The summed E-state index contributed by atoms with van der Waals surface area (Å²) in [6.07, 6.45) is 1.65. The third kappa shape index (κ3) is 6.20. The predicted molar refractivity (Wildman–Crippen MR) is 129 cm³/mol. The van der Waals surface area contributed by atoms with Crippen molar-refractivity contribution in [2.24, 2.45) is 0 Å². The monoisotopic (exact) mass is 459 g/mol. The summed E-state index contributed by atoms with van der Waals surface area (Å²) in [5.41, 5.74) is 3.15. The van der Waals surface area contributed by atoms with E-state index in [9.17, 15) is 9.59 Å². The second-order valence-corrected chi connectivity index (χ2v) is 8.01. The van der Waals surface area contributed by atoms with Crippen molar-refractivity contribution in [3.05, 3.63) is 96.0 Å². The van der Waals surface area contributed by atoms with Crippen LogP contribution in [0.5, 0.6) is 0 Å². The van der Waals surface area contributed by atoms with Crippen molar-refractivity contribution < 1.29 is 14.1 Å². The summed E-state index contributed by atoms with van der Waals surface area (Å²) in [5.74, 6) is 1.00. The normalized spacial score (nSPS) is 10.5. The van der Waals surface area contributed by atoms with E-state index in [0.717, 1.165) is 11.5 Å². The van der Waals surface area contributed by atoms with E-state index in [1.54, 1.807) is 54.7 Å². The molecule has 0 aliphatic carbocycles. The number of hydrogen-bond acceptors (Lipinski definition) is 6. The van der Waals surface area contributed by atoms with Gasteiger partial charge in [0.05, 0.1) is 11.3 Å². The molecule has 4 rings (SSSR count). The van der Waals surface area contributed by atoms with Crippen LogP contribution in [0.15, 0.2) is 88.5 Å². The predicted octanol–water partition coefficient (Wildman–Crippen LogP) is 5.57. The fraction of sp³-hybridized carbons (Fsp3) is 0.0833. The maximum absolute atomic E-state index is 12.8. The summed E-state index contributed by atoms with van der Waals surface area (Å²) in [6.45, 7) is 1.83. The fourth-order valence-corrected chi connectivity index (χ4v) is 3.83. The van der Waals surface area contributed by atoms with Crippen molar-refractivity contribution in [3.63, 3.8) is 0 Å². The molecule has 3 amide bonds. The van der Waals surface area contributed by atoms with Crippen molar-refractivity contribution >= 4 is 40.8 Å². The summed E-state index contributed by atoms with van der Waals surface area (Å²) in [7, 11) is 0. The van der Waals surface area contributed by atoms with Crippen molar-refractivity contribution in [2.45, 2.75) is 17.7 Å². The lowest BCUT2D eigenvalue weighted by molar-refractivity contribution is 0.102. The van der Waals surface area contributed by atoms with Crippen LogP contribution in [0.3, 0.4) is 0 Å². The Bertz CT molecular complexity index is 1240. The third-order valence-corrected chi connectivity index (χ3v) is 5.52. The first-order valence-electron chi connectivity index (χ1n) is 10.1. The summed E-state index contributed by atoms with van der Waals surface area (Å²) in [4.78, 5) is 29.3. The molecule has 0 radical (unpaired) electrons. The highest BCUT2D eigenvalue weighted by molar-refractivity contribution is 7.98. The van der Waals surface area contributed by atoms with Gasteiger partial charge in [0.25, 0.3) is 5.91 Å². The van der Waals surface area contributed by atoms with Gasteiger partial charge in [-0.15, -0.1) is 0 Å². The van der Waals surface area contributed by atoms with E-state index in [4.69, 9.17) is 4.52 Å². The van der Waals surface area contributed by atoms with Crippen LogP contribution in [-0.2, 0) is 5.75 Å². The van der Waals surface area contributed by atoms with E-state index in [-0.39, 0.29) is 11.9 Å². The molecule has 2 aromatic carbocycles. The van der Waals surface area contributed by atoms with Gasteiger partial charge in [0.15, 0.2) is 0 Å². The number of rotatable bonds is 7. The molecule has 0 bridgehead atoms. The lowest BCUT2D eigenvalue weighted by Gasteiger charge is -2.10. The molecule has 0 unspecified atom stereocenters. The molecule has 166 valence electrons. The van der Waals surface area contributed by atoms with E-state index < -0.39 is 0 Å². The number of thioether (sulfide) groups is 1. The number of carbonyl (C=O) groups excluding carboxylic acids is 2. The number of hydrogen-bond donors (Lipinski definition) is 3. The van der Waals surface area contributed by atoms with Crippen LogP contribution >= 0.6 is 11.8 Å². The van der Waals surface area contributed by atoms with Gasteiger partial charge in [-0.3, -0.25) is 4.79 Å². The molecule has 2 heterocycles. The second kappa shape index (κ2) is 10.5. The molecule has 2 aromatic heterocycles. The Morgan fingerprint density at radius 3 is 2.21 bits per heavy atom. The Morgan fingerprint density at radius 1 is 0.879 bits per heavy atom. The Labute approximate surface area is 194 Å². The average molecular weight is 460 g/mol. The van der Waals surface area contributed by atoms with Gasteiger partial charge in [0.2, 0.25) is 0 Å². The Hall–Kier alpha value is -4.11. The summed E-state index contributed by atoms with van der Waals surface area (Å²) in [6, 6.07) is 21.0. The highest BCUT2D eigenvalue weighted by Crippen LogP contribution is 2.25. The van der Waals surface area contributed by atoms with Crippen LogP contribution in [0, 0.1) is 6.92 Å². The van der Waals surface area contributed by atoms with Gasteiger partial charge in [-0.2, -0.15) is 0 Å². The Morgan fingerprint density at radius 2 is 1.55 bits per heavy atom. The van der Waals surface area contributed by atoms with Gasteiger partial charge in [0, 0.05) is 35.1 Å². The van der Waals surface area contributed by atoms with Gasteiger partial charge < -0.3 is 20.5 Å². The van der Waals surface area contributed by atoms with Crippen molar-refractivity contribution in [1.29, 1.82) is 0 Å². The first-order chi connectivity index (χ1) is 16.1. The number of pyridine rings is 1. The number of benzene rings is 2. The molecule has 8 nitrogen and oxygen atoms in total. The summed E-state index contributed by atoms with van der Waals surface area (Å²) >= 11 is 1.41. The van der Waals surface area contributed by atoms with Crippen LogP contribution in [0.2, 0.25) is 0 Å². The quantitative estimate of drug-likeness (QED) is 0.312. The minimum Gasteiger partial charge on any atom is -0.361 e. The Balaban J connectivity index is 1.35. The van der Waals surface area contributed by atoms with Gasteiger partial charge in [-0.1, -0.05) is 35.1 Å². The standard InChI is InChI=1S/C24H21N5O3S/c1-16-14-20(29-32-16)15-33-23-21(8-5-13-25-23)22(30)26-18-9-11-19(12-10-18)28-24(31)27-17-6-3-2-4-7-17/h2-14H,15H2,1H3,(H,26,30)(H2,27,28,31). The van der Waals surface area contributed by atoms with Crippen LogP contribution in [-0.4, -0.2) is 22.1 Å². The zero-order valence-electron chi connectivity index (χ0n) is 17.7. The number of para-hydroxylation sites is 1. The van der Waals surface area contributed by atoms with Crippen molar-refractivity contribution in [1.82, 2.24) is 10.1 Å². The minimum absolute atomic E-state index is 0.274. The lowest BCUT2D eigenvalue weighted by Crippen LogP contribution is -2.19. The van der Waals surface area contributed by atoms with Gasteiger partial charge in [-0.05, 0) is 55.5 Å². The molecular formula is C24H21N5O3S. The minimum atomic E-state index is -0.350. The van der Waals surface area contributed by atoms with Crippen LogP contribution in [0.4, 0.5) is 21.9 Å². The molecule has 4 aromatic rings. The molecule has 0 atom stereocenters. The number of nitrogens with one attached hydrogen (secondary N) is 3. The van der Waals surface area contributed by atoms with Gasteiger partial charge in [0.1, 0.15) is 10.8 Å². The molecule has 9 heteroatoms. The molecule has 0 fully saturated rings.